The summed E-state index contributed by atoms with van der Waals surface area (Å²) >= 11 is 1.48. The number of aromatic nitrogens is 2. The SMILES string of the molecule is Cc1cccc(-c2sc(C(=O)Cc3ccncc3C)nc2C)c1. The first-order chi connectivity index (χ1) is 11.0. The number of nitrogens with zero attached hydrogens (tertiary/aromatic N) is 2. The molecule has 0 saturated heterocycles. The Morgan fingerprint density at radius 3 is 2.74 bits per heavy atom. The molecule has 0 atom stereocenters. The van der Waals surface area contributed by atoms with Crippen LogP contribution in [0.15, 0.2) is 42.7 Å². The average Bonchev–Trinajstić information content (AvgIpc) is 2.92. The molecule has 0 aliphatic rings. The van der Waals surface area contributed by atoms with Crippen molar-refractivity contribution >= 4 is 17.1 Å². The molecule has 0 aliphatic carbocycles. The van der Waals surface area contributed by atoms with Crippen molar-refractivity contribution in [3.05, 3.63) is 70.1 Å². The molecule has 0 spiro atoms. The number of thiazole rings is 1. The van der Waals surface area contributed by atoms with Crippen LogP contribution in [0.3, 0.4) is 0 Å². The van der Waals surface area contributed by atoms with Crippen LogP contribution in [-0.4, -0.2) is 15.8 Å². The second-order valence-corrected chi connectivity index (χ2v) is 6.70. The second kappa shape index (κ2) is 6.42. The molecule has 2 heterocycles. The van der Waals surface area contributed by atoms with Crippen LogP contribution in [-0.2, 0) is 6.42 Å². The van der Waals surface area contributed by atoms with Crippen LogP contribution in [0.25, 0.3) is 10.4 Å². The number of pyridine rings is 1. The van der Waals surface area contributed by atoms with Gasteiger partial charge in [0.15, 0.2) is 10.8 Å². The molecule has 0 fully saturated rings. The molecule has 3 nitrogen and oxygen atoms in total. The van der Waals surface area contributed by atoms with Crippen molar-refractivity contribution in [3.8, 4) is 10.4 Å². The Morgan fingerprint density at radius 2 is 2.00 bits per heavy atom. The van der Waals surface area contributed by atoms with Crippen LogP contribution >= 0.6 is 11.3 Å². The first-order valence-electron chi connectivity index (χ1n) is 7.52. The van der Waals surface area contributed by atoms with E-state index in [9.17, 15) is 4.79 Å². The zero-order chi connectivity index (χ0) is 16.4. The van der Waals surface area contributed by atoms with E-state index in [4.69, 9.17) is 0 Å². The number of hydrogen-bond donors (Lipinski definition) is 0. The summed E-state index contributed by atoms with van der Waals surface area (Å²) in [5.41, 5.74) is 5.29. The first kappa shape index (κ1) is 15.6. The zero-order valence-corrected chi connectivity index (χ0v) is 14.3. The predicted molar refractivity (Wildman–Crippen MR) is 94.0 cm³/mol. The molecule has 3 rings (SSSR count). The van der Waals surface area contributed by atoms with E-state index in [1.807, 2.05) is 26.0 Å². The lowest BCUT2D eigenvalue weighted by atomic mass is 10.1. The van der Waals surface area contributed by atoms with Crippen molar-refractivity contribution in [1.82, 2.24) is 9.97 Å². The van der Waals surface area contributed by atoms with Gasteiger partial charge in [-0.1, -0.05) is 29.8 Å². The van der Waals surface area contributed by atoms with Gasteiger partial charge in [0, 0.05) is 18.8 Å². The molecule has 2 aromatic heterocycles. The molecule has 23 heavy (non-hydrogen) atoms. The standard InChI is InChI=1S/C19H18N2OS/c1-12-5-4-6-16(9-12)18-14(3)21-19(23-18)17(22)10-15-7-8-20-11-13(15)2/h4-9,11H,10H2,1-3H3. The van der Waals surface area contributed by atoms with Crippen LogP contribution in [0.2, 0.25) is 0 Å². The van der Waals surface area contributed by atoms with E-state index in [0.29, 0.717) is 11.4 Å². The molecule has 0 N–H and O–H groups in total. The molecule has 0 bridgehead atoms. The van der Waals surface area contributed by atoms with Crippen molar-refractivity contribution in [2.45, 2.75) is 27.2 Å². The summed E-state index contributed by atoms with van der Waals surface area (Å²) in [6.45, 7) is 6.00. The van der Waals surface area contributed by atoms with Crippen molar-refractivity contribution < 1.29 is 4.79 Å². The number of ketones is 1. The van der Waals surface area contributed by atoms with Crippen molar-refractivity contribution in [3.63, 3.8) is 0 Å². The van der Waals surface area contributed by atoms with Crippen LogP contribution < -0.4 is 0 Å². The molecule has 116 valence electrons. The molecular weight excluding hydrogens is 304 g/mol. The molecule has 4 heteroatoms. The topological polar surface area (TPSA) is 42.9 Å². The first-order valence-corrected chi connectivity index (χ1v) is 8.33. The predicted octanol–water partition coefficient (Wildman–Crippen LogP) is 4.56. The summed E-state index contributed by atoms with van der Waals surface area (Å²) < 4.78 is 0. The Bertz CT molecular complexity index is 867. The normalized spacial score (nSPS) is 10.7. The Morgan fingerprint density at radius 1 is 1.17 bits per heavy atom. The minimum absolute atomic E-state index is 0.0614. The molecule has 0 saturated carbocycles. The Labute approximate surface area is 140 Å². The maximum atomic E-state index is 12.6. The lowest BCUT2D eigenvalue weighted by Crippen LogP contribution is -2.04. The van der Waals surface area contributed by atoms with Crippen LogP contribution in [0.5, 0.6) is 0 Å². The van der Waals surface area contributed by atoms with Gasteiger partial charge in [0.25, 0.3) is 0 Å². The molecule has 0 radical (unpaired) electrons. The van der Waals surface area contributed by atoms with Gasteiger partial charge < -0.3 is 0 Å². The van der Waals surface area contributed by atoms with Crippen molar-refractivity contribution in [2.75, 3.05) is 0 Å². The molecule has 1 aromatic carbocycles. The highest BCUT2D eigenvalue weighted by Gasteiger charge is 2.16. The highest BCUT2D eigenvalue weighted by atomic mass is 32.1. The van der Waals surface area contributed by atoms with Gasteiger partial charge in [0.1, 0.15) is 0 Å². The third-order valence-electron chi connectivity index (χ3n) is 3.80. The molecule has 0 unspecified atom stereocenters. The van der Waals surface area contributed by atoms with E-state index in [1.54, 1.807) is 12.4 Å². The quantitative estimate of drug-likeness (QED) is 0.662. The number of aryl methyl sites for hydroxylation is 3. The van der Waals surface area contributed by atoms with Crippen LogP contribution in [0.4, 0.5) is 0 Å². The van der Waals surface area contributed by atoms with Gasteiger partial charge in [0.2, 0.25) is 0 Å². The number of carbonyl (C=O) groups excluding carboxylic acids is 1. The second-order valence-electron chi connectivity index (χ2n) is 5.71. The number of carbonyl (C=O) groups is 1. The van der Waals surface area contributed by atoms with Gasteiger partial charge in [-0.3, -0.25) is 9.78 Å². The number of benzene rings is 1. The minimum atomic E-state index is 0.0614. The zero-order valence-electron chi connectivity index (χ0n) is 13.5. The fourth-order valence-corrected chi connectivity index (χ4v) is 3.52. The van der Waals surface area contributed by atoms with Gasteiger partial charge in [-0.15, -0.1) is 11.3 Å². The lowest BCUT2D eigenvalue weighted by molar-refractivity contribution is 0.0992. The number of Topliss-reactive ketones (excluding diaryl/α,β-unsaturated/α-hetero) is 1. The smallest absolute Gasteiger partial charge is 0.195 e. The fourth-order valence-electron chi connectivity index (χ4n) is 2.52. The molecule has 0 amide bonds. The van der Waals surface area contributed by atoms with Gasteiger partial charge in [-0.05, 0) is 43.5 Å². The highest BCUT2D eigenvalue weighted by molar-refractivity contribution is 7.17. The molecular formula is C19H18N2OS. The largest absolute Gasteiger partial charge is 0.291 e. The maximum Gasteiger partial charge on any atom is 0.195 e. The Kier molecular flexibility index (Phi) is 4.35. The summed E-state index contributed by atoms with van der Waals surface area (Å²) in [5, 5.41) is 0.579. The van der Waals surface area contributed by atoms with Crippen molar-refractivity contribution in [2.24, 2.45) is 0 Å². The third-order valence-corrected chi connectivity index (χ3v) is 5.05. The third kappa shape index (κ3) is 3.37. The lowest BCUT2D eigenvalue weighted by Gasteiger charge is -2.02. The Hall–Kier alpha value is -2.33. The number of rotatable bonds is 4. The van der Waals surface area contributed by atoms with Gasteiger partial charge in [0.05, 0.1) is 10.6 Å². The summed E-state index contributed by atoms with van der Waals surface area (Å²) in [7, 11) is 0. The van der Waals surface area contributed by atoms with E-state index in [2.05, 4.69) is 35.1 Å². The van der Waals surface area contributed by atoms with Crippen LogP contribution in [0.1, 0.15) is 32.2 Å². The summed E-state index contributed by atoms with van der Waals surface area (Å²) in [6, 6.07) is 10.2. The summed E-state index contributed by atoms with van der Waals surface area (Å²) in [6.07, 6.45) is 3.88. The fraction of sp³-hybridized carbons (Fsp3) is 0.211. The van der Waals surface area contributed by atoms with Crippen molar-refractivity contribution in [1.29, 1.82) is 0 Å². The van der Waals surface area contributed by atoms with Gasteiger partial charge in [-0.25, -0.2) is 4.98 Å². The van der Waals surface area contributed by atoms with E-state index >= 15 is 0 Å². The number of hydrogen-bond acceptors (Lipinski definition) is 4. The highest BCUT2D eigenvalue weighted by Crippen LogP contribution is 2.31. The molecule has 3 aromatic rings. The van der Waals surface area contributed by atoms with E-state index in [-0.39, 0.29) is 5.78 Å². The van der Waals surface area contributed by atoms with E-state index in [1.165, 1.54) is 16.9 Å². The Balaban J connectivity index is 1.89. The average molecular weight is 322 g/mol. The van der Waals surface area contributed by atoms with Gasteiger partial charge >= 0.3 is 0 Å². The van der Waals surface area contributed by atoms with E-state index < -0.39 is 0 Å². The van der Waals surface area contributed by atoms with Crippen LogP contribution in [0, 0.1) is 20.8 Å². The monoisotopic (exact) mass is 322 g/mol. The summed E-state index contributed by atoms with van der Waals surface area (Å²) in [4.78, 5) is 22.2. The maximum absolute atomic E-state index is 12.6. The minimum Gasteiger partial charge on any atom is -0.291 e. The molecule has 0 aliphatic heterocycles. The summed E-state index contributed by atoms with van der Waals surface area (Å²) in [5.74, 6) is 0.0614. The van der Waals surface area contributed by atoms with Gasteiger partial charge in [-0.2, -0.15) is 0 Å². The van der Waals surface area contributed by atoms with E-state index in [0.717, 1.165) is 27.3 Å².